The largest absolute Gasteiger partial charge is 0.573 e. The summed E-state index contributed by atoms with van der Waals surface area (Å²) in [6.07, 6.45) is -3.26. The molecule has 2 aromatic carbocycles. The quantitative estimate of drug-likeness (QED) is 0.331. The first kappa shape index (κ1) is 27.5. The number of hydrogen-bond donors (Lipinski definition) is 3. The number of primary sulfonamides is 1. The predicted molar refractivity (Wildman–Crippen MR) is 121 cm³/mol. The molecular weight excluding hydrogens is 521 g/mol. The summed E-state index contributed by atoms with van der Waals surface area (Å²) in [5, 5.41) is 10.2. The number of hydrogen-bond acceptors (Lipinski definition) is 8. The monoisotopic (exact) mass is 542 g/mol. The maximum atomic E-state index is 12.2. The van der Waals surface area contributed by atoms with Gasteiger partial charge < -0.3 is 24.5 Å². The lowest BCUT2D eigenvalue weighted by atomic mass is 10.1. The number of halogens is 3. The molecule has 0 aliphatic rings. The second kappa shape index (κ2) is 11.7. The van der Waals surface area contributed by atoms with Crippen molar-refractivity contribution in [1.82, 2.24) is 15.6 Å². The van der Waals surface area contributed by atoms with Gasteiger partial charge in [0.1, 0.15) is 17.8 Å². The first-order chi connectivity index (χ1) is 17.4. The van der Waals surface area contributed by atoms with Crippen LogP contribution < -0.4 is 25.2 Å². The molecule has 37 heavy (non-hydrogen) atoms. The van der Waals surface area contributed by atoms with Crippen molar-refractivity contribution in [2.24, 2.45) is 5.14 Å². The third kappa shape index (κ3) is 9.12. The van der Waals surface area contributed by atoms with Crippen LogP contribution in [-0.4, -0.2) is 44.7 Å². The molecule has 0 saturated carbocycles. The highest BCUT2D eigenvalue weighted by atomic mass is 32.2. The van der Waals surface area contributed by atoms with Gasteiger partial charge in [0.25, 0.3) is 11.8 Å². The summed E-state index contributed by atoms with van der Waals surface area (Å²) in [6.45, 7) is -0.316. The lowest BCUT2D eigenvalue weighted by Crippen LogP contribution is -2.29. The summed E-state index contributed by atoms with van der Waals surface area (Å²) in [5.41, 5.74) is 0.773. The number of alkyl halides is 3. The maximum Gasteiger partial charge on any atom is 0.573 e. The molecule has 1 aromatic heterocycles. The molecule has 0 spiro atoms. The number of nitrogens with two attached hydrogens (primary N) is 1. The fourth-order valence-corrected chi connectivity index (χ4v) is 3.38. The predicted octanol–water partition coefficient (Wildman–Crippen LogP) is 1.89. The fourth-order valence-electron chi connectivity index (χ4n) is 2.86. The van der Waals surface area contributed by atoms with Crippen LogP contribution in [0.3, 0.4) is 0 Å². The Morgan fingerprint density at radius 3 is 2.27 bits per heavy atom. The van der Waals surface area contributed by atoms with Gasteiger partial charge in [0, 0.05) is 6.54 Å². The number of nitrogens with one attached hydrogen (secondary N) is 2. The van der Waals surface area contributed by atoms with Gasteiger partial charge in [0.05, 0.1) is 11.4 Å². The zero-order valence-corrected chi connectivity index (χ0v) is 19.8. The molecule has 0 saturated heterocycles. The molecule has 2 amide bonds. The maximum absolute atomic E-state index is 12.2. The van der Waals surface area contributed by atoms with Crippen LogP contribution in [0.15, 0.2) is 64.1 Å². The topological polar surface area (TPSA) is 163 Å². The van der Waals surface area contributed by atoms with Crippen LogP contribution in [0.1, 0.15) is 21.9 Å². The van der Waals surface area contributed by atoms with Crippen molar-refractivity contribution in [3.05, 3.63) is 71.9 Å². The Labute approximate surface area is 208 Å². The Hall–Kier alpha value is -4.11. The summed E-state index contributed by atoms with van der Waals surface area (Å²) >= 11 is 0. The van der Waals surface area contributed by atoms with Crippen molar-refractivity contribution in [2.75, 3.05) is 13.2 Å². The van der Waals surface area contributed by atoms with Crippen molar-refractivity contribution in [1.29, 1.82) is 0 Å². The summed E-state index contributed by atoms with van der Waals surface area (Å²) < 4.78 is 73.1. The van der Waals surface area contributed by atoms with E-state index in [9.17, 15) is 31.2 Å². The molecule has 0 bridgehead atoms. The van der Waals surface area contributed by atoms with Crippen LogP contribution in [0.4, 0.5) is 13.2 Å². The highest BCUT2D eigenvalue weighted by molar-refractivity contribution is 7.89. The molecule has 15 heteroatoms. The van der Waals surface area contributed by atoms with Gasteiger partial charge in [0.15, 0.2) is 12.3 Å². The Bertz CT molecular complexity index is 1330. The van der Waals surface area contributed by atoms with Gasteiger partial charge >= 0.3 is 6.36 Å². The first-order valence-electron chi connectivity index (χ1n) is 10.5. The van der Waals surface area contributed by atoms with Crippen LogP contribution in [0, 0.1) is 0 Å². The highest BCUT2D eigenvalue weighted by Crippen LogP contribution is 2.24. The normalized spacial score (nSPS) is 11.6. The number of amides is 2. The second-order valence-electron chi connectivity index (χ2n) is 7.41. The number of rotatable bonds is 11. The average Bonchev–Trinajstić information content (AvgIpc) is 3.30. The van der Waals surface area contributed by atoms with E-state index in [1.165, 1.54) is 24.3 Å². The number of ether oxygens (including phenoxy) is 2. The Morgan fingerprint density at radius 1 is 1.00 bits per heavy atom. The Morgan fingerprint density at radius 2 is 1.65 bits per heavy atom. The molecule has 4 N–H and O–H groups in total. The first-order valence-corrected chi connectivity index (χ1v) is 12.0. The molecule has 3 rings (SSSR count). The molecule has 0 fully saturated rings. The van der Waals surface area contributed by atoms with E-state index in [2.05, 4.69) is 20.4 Å². The molecule has 0 aliphatic heterocycles. The summed E-state index contributed by atoms with van der Waals surface area (Å²) in [7, 11) is -3.78. The Balaban J connectivity index is 1.38. The minimum atomic E-state index is -4.81. The zero-order chi connectivity index (χ0) is 27.1. The van der Waals surface area contributed by atoms with Crippen LogP contribution in [0.2, 0.25) is 0 Å². The fraction of sp³-hybridized carbons (Fsp3) is 0.227. The SMILES string of the molecule is NS(=O)(=O)c1ccc(CCNC(=O)c2coc(CNC(=O)COc3ccc(OC(F)(F)F)cc3)n2)cc1. The molecule has 0 radical (unpaired) electrons. The second-order valence-corrected chi connectivity index (χ2v) is 8.97. The van der Waals surface area contributed by atoms with E-state index in [-0.39, 0.29) is 35.3 Å². The van der Waals surface area contributed by atoms with Gasteiger partial charge in [-0.25, -0.2) is 18.5 Å². The van der Waals surface area contributed by atoms with Crippen molar-refractivity contribution in [3.8, 4) is 11.5 Å². The smallest absolute Gasteiger partial charge is 0.484 e. The molecule has 0 atom stereocenters. The number of oxazole rings is 1. The molecule has 3 aromatic rings. The van der Waals surface area contributed by atoms with Crippen LogP contribution in [0.5, 0.6) is 11.5 Å². The van der Waals surface area contributed by atoms with Gasteiger partial charge in [-0.05, 0) is 48.4 Å². The van der Waals surface area contributed by atoms with Crippen molar-refractivity contribution in [2.45, 2.75) is 24.2 Å². The molecular formula is C22H21F3N4O7S. The number of carbonyl (C=O) groups excluding carboxylic acids is 2. The third-order valence-corrected chi connectivity index (χ3v) is 5.53. The van der Waals surface area contributed by atoms with E-state index in [4.69, 9.17) is 14.3 Å². The lowest BCUT2D eigenvalue weighted by molar-refractivity contribution is -0.274. The van der Waals surface area contributed by atoms with Crippen molar-refractivity contribution < 1.29 is 45.1 Å². The third-order valence-electron chi connectivity index (χ3n) is 4.60. The number of sulfonamides is 1. The minimum Gasteiger partial charge on any atom is -0.484 e. The standard InChI is InChI=1S/C22H21F3N4O7S/c23-22(24,25)36-16-5-3-15(4-6-16)34-13-19(30)28-11-20-29-18(12-35-20)21(31)27-10-9-14-1-7-17(8-2-14)37(26,32)33/h1-8,12H,9-11,13H2,(H,27,31)(H,28,30)(H2,26,32,33). The van der Waals surface area contributed by atoms with E-state index in [1.54, 1.807) is 12.1 Å². The molecule has 11 nitrogen and oxygen atoms in total. The zero-order valence-electron chi connectivity index (χ0n) is 18.9. The van der Waals surface area contributed by atoms with E-state index >= 15 is 0 Å². The van der Waals surface area contributed by atoms with Crippen LogP contribution in [0.25, 0.3) is 0 Å². The summed E-state index contributed by atoms with van der Waals surface area (Å²) in [5.74, 6) is -1.28. The van der Waals surface area contributed by atoms with Gasteiger partial charge in [0.2, 0.25) is 15.9 Å². The molecule has 198 valence electrons. The number of carbonyl (C=O) groups is 2. The number of benzene rings is 2. The average molecular weight is 542 g/mol. The van der Waals surface area contributed by atoms with Gasteiger partial charge in [-0.3, -0.25) is 9.59 Å². The molecule has 0 unspecified atom stereocenters. The van der Waals surface area contributed by atoms with E-state index in [1.807, 2.05) is 0 Å². The van der Waals surface area contributed by atoms with E-state index in [0.29, 0.717) is 6.42 Å². The Kier molecular flexibility index (Phi) is 8.73. The number of aromatic nitrogens is 1. The van der Waals surface area contributed by atoms with Crippen molar-refractivity contribution in [3.63, 3.8) is 0 Å². The lowest BCUT2D eigenvalue weighted by Gasteiger charge is -2.10. The van der Waals surface area contributed by atoms with Crippen LogP contribution >= 0.6 is 0 Å². The van der Waals surface area contributed by atoms with Gasteiger partial charge in [-0.15, -0.1) is 13.2 Å². The summed E-state index contributed by atoms with van der Waals surface area (Å²) in [4.78, 5) is 28.1. The molecule has 0 aliphatic carbocycles. The van der Waals surface area contributed by atoms with E-state index in [0.717, 1.165) is 24.0 Å². The van der Waals surface area contributed by atoms with Crippen LogP contribution in [-0.2, 0) is 27.8 Å². The summed E-state index contributed by atoms with van der Waals surface area (Å²) in [6, 6.07) is 10.4. The highest BCUT2D eigenvalue weighted by Gasteiger charge is 2.31. The van der Waals surface area contributed by atoms with Gasteiger partial charge in [-0.1, -0.05) is 12.1 Å². The minimum absolute atomic E-state index is 0.00811. The van der Waals surface area contributed by atoms with Gasteiger partial charge in [-0.2, -0.15) is 0 Å². The molecule has 1 heterocycles. The van der Waals surface area contributed by atoms with E-state index < -0.39 is 40.6 Å². The van der Waals surface area contributed by atoms with Crippen molar-refractivity contribution >= 4 is 21.8 Å². The number of nitrogens with zero attached hydrogens (tertiary/aromatic N) is 1.